The molecular weight excluding hydrogens is 254 g/mol. The lowest BCUT2D eigenvalue weighted by Gasteiger charge is -2.29. The molecule has 0 spiro atoms. The van der Waals surface area contributed by atoms with Gasteiger partial charge in [-0.05, 0) is 43.5 Å². The Balaban J connectivity index is 2.13. The molecule has 20 heavy (non-hydrogen) atoms. The standard InChI is InChI=1S/C16H19NO3/c1-12-11-14(5-4-13(12)3-2-10-18)16(20)17-8-6-15(19)7-9-17/h4-5,11,15,18-19H,6-10H2,1H3. The Labute approximate surface area is 119 Å². The van der Waals surface area contributed by atoms with Gasteiger partial charge in [0.05, 0.1) is 6.10 Å². The SMILES string of the molecule is Cc1cc(C(=O)N2CCC(O)CC2)ccc1C#CCO. The Bertz CT molecular complexity index is 549. The van der Waals surface area contributed by atoms with Crippen molar-refractivity contribution in [3.05, 3.63) is 34.9 Å². The predicted octanol–water partition coefficient (Wildman–Crippen LogP) is 0.936. The van der Waals surface area contributed by atoms with Crippen LogP contribution in [0.25, 0.3) is 0 Å². The summed E-state index contributed by atoms with van der Waals surface area (Å²) in [4.78, 5) is 14.1. The number of hydrogen-bond acceptors (Lipinski definition) is 3. The molecule has 1 heterocycles. The van der Waals surface area contributed by atoms with E-state index < -0.39 is 0 Å². The average Bonchev–Trinajstić information content (AvgIpc) is 2.46. The van der Waals surface area contributed by atoms with Gasteiger partial charge in [-0.25, -0.2) is 0 Å². The number of carbonyl (C=O) groups is 1. The van der Waals surface area contributed by atoms with Crippen LogP contribution >= 0.6 is 0 Å². The van der Waals surface area contributed by atoms with Crippen LogP contribution in [0.15, 0.2) is 18.2 Å². The maximum atomic E-state index is 12.4. The summed E-state index contributed by atoms with van der Waals surface area (Å²) in [7, 11) is 0. The minimum Gasteiger partial charge on any atom is -0.393 e. The van der Waals surface area contributed by atoms with E-state index in [0.29, 0.717) is 31.5 Å². The molecule has 4 heteroatoms. The molecule has 2 rings (SSSR count). The Morgan fingerprint density at radius 1 is 1.40 bits per heavy atom. The number of hydrogen-bond donors (Lipinski definition) is 2. The van der Waals surface area contributed by atoms with Crippen molar-refractivity contribution in [2.24, 2.45) is 0 Å². The maximum Gasteiger partial charge on any atom is 0.253 e. The van der Waals surface area contributed by atoms with E-state index in [9.17, 15) is 9.90 Å². The molecule has 1 aliphatic heterocycles. The number of piperidine rings is 1. The molecule has 0 saturated carbocycles. The fourth-order valence-corrected chi connectivity index (χ4v) is 2.32. The number of nitrogens with zero attached hydrogens (tertiary/aromatic N) is 1. The molecule has 0 aliphatic carbocycles. The van der Waals surface area contributed by atoms with Crippen LogP contribution in [0, 0.1) is 18.8 Å². The Morgan fingerprint density at radius 3 is 2.70 bits per heavy atom. The summed E-state index contributed by atoms with van der Waals surface area (Å²) in [6.45, 7) is 2.94. The molecule has 4 nitrogen and oxygen atoms in total. The highest BCUT2D eigenvalue weighted by molar-refractivity contribution is 5.94. The quantitative estimate of drug-likeness (QED) is 0.749. The van der Waals surface area contributed by atoms with E-state index >= 15 is 0 Å². The van der Waals surface area contributed by atoms with E-state index in [1.54, 1.807) is 11.0 Å². The summed E-state index contributed by atoms with van der Waals surface area (Å²) < 4.78 is 0. The van der Waals surface area contributed by atoms with Crippen molar-refractivity contribution in [1.82, 2.24) is 4.90 Å². The smallest absolute Gasteiger partial charge is 0.253 e. The zero-order chi connectivity index (χ0) is 14.5. The highest BCUT2D eigenvalue weighted by atomic mass is 16.3. The zero-order valence-corrected chi connectivity index (χ0v) is 11.6. The van der Waals surface area contributed by atoms with Crippen LogP contribution in [0.5, 0.6) is 0 Å². The van der Waals surface area contributed by atoms with Crippen LogP contribution in [0.3, 0.4) is 0 Å². The van der Waals surface area contributed by atoms with Gasteiger partial charge in [0.2, 0.25) is 0 Å². The maximum absolute atomic E-state index is 12.4. The van der Waals surface area contributed by atoms with E-state index in [0.717, 1.165) is 11.1 Å². The van der Waals surface area contributed by atoms with Crippen molar-refractivity contribution in [2.45, 2.75) is 25.9 Å². The molecule has 1 amide bonds. The van der Waals surface area contributed by atoms with Gasteiger partial charge in [-0.1, -0.05) is 11.8 Å². The van der Waals surface area contributed by atoms with Crippen LogP contribution in [0.2, 0.25) is 0 Å². The van der Waals surface area contributed by atoms with Gasteiger partial charge in [0.25, 0.3) is 5.91 Å². The lowest BCUT2D eigenvalue weighted by molar-refractivity contribution is 0.0546. The topological polar surface area (TPSA) is 60.8 Å². The molecule has 0 radical (unpaired) electrons. The summed E-state index contributed by atoms with van der Waals surface area (Å²) in [5.74, 6) is 5.46. The number of benzene rings is 1. The summed E-state index contributed by atoms with van der Waals surface area (Å²) >= 11 is 0. The normalized spacial score (nSPS) is 15.7. The Kier molecular flexibility index (Phi) is 4.78. The van der Waals surface area contributed by atoms with Crippen molar-refractivity contribution in [3.8, 4) is 11.8 Å². The number of aliphatic hydroxyl groups is 2. The first-order chi connectivity index (χ1) is 9.61. The first-order valence-electron chi connectivity index (χ1n) is 6.79. The van der Waals surface area contributed by atoms with Crippen LogP contribution in [-0.2, 0) is 0 Å². The second-order valence-electron chi connectivity index (χ2n) is 5.01. The van der Waals surface area contributed by atoms with Crippen LogP contribution in [-0.4, -0.2) is 46.8 Å². The molecular formula is C16H19NO3. The lowest BCUT2D eigenvalue weighted by Crippen LogP contribution is -2.40. The minimum absolute atomic E-state index is 0.00154. The van der Waals surface area contributed by atoms with Gasteiger partial charge in [0.1, 0.15) is 6.61 Å². The third kappa shape index (κ3) is 3.38. The first-order valence-corrected chi connectivity index (χ1v) is 6.79. The van der Waals surface area contributed by atoms with E-state index in [1.165, 1.54) is 0 Å². The van der Waals surface area contributed by atoms with Gasteiger partial charge in [-0.15, -0.1) is 0 Å². The second-order valence-corrected chi connectivity index (χ2v) is 5.01. The fraction of sp³-hybridized carbons (Fsp3) is 0.438. The van der Waals surface area contributed by atoms with Crippen molar-refractivity contribution >= 4 is 5.91 Å². The average molecular weight is 273 g/mol. The molecule has 0 aromatic heterocycles. The van der Waals surface area contributed by atoms with Crippen molar-refractivity contribution in [3.63, 3.8) is 0 Å². The van der Waals surface area contributed by atoms with Gasteiger partial charge < -0.3 is 15.1 Å². The molecule has 1 aromatic rings. The predicted molar refractivity (Wildman–Crippen MR) is 76.3 cm³/mol. The number of aliphatic hydroxyl groups excluding tert-OH is 2. The molecule has 2 N–H and O–H groups in total. The molecule has 0 unspecified atom stereocenters. The molecule has 1 saturated heterocycles. The molecule has 0 bridgehead atoms. The number of amides is 1. The molecule has 1 fully saturated rings. The summed E-state index contributed by atoms with van der Waals surface area (Å²) in [6.07, 6.45) is 1.01. The number of rotatable bonds is 1. The largest absolute Gasteiger partial charge is 0.393 e. The van der Waals surface area contributed by atoms with E-state index in [-0.39, 0.29) is 18.6 Å². The summed E-state index contributed by atoms with van der Waals surface area (Å²) in [5.41, 5.74) is 2.40. The Morgan fingerprint density at radius 2 is 2.10 bits per heavy atom. The number of likely N-dealkylation sites (tertiary alicyclic amines) is 1. The highest BCUT2D eigenvalue weighted by Gasteiger charge is 2.22. The monoisotopic (exact) mass is 273 g/mol. The fourth-order valence-electron chi connectivity index (χ4n) is 2.32. The van der Waals surface area contributed by atoms with E-state index in [1.807, 2.05) is 19.1 Å². The Hall–Kier alpha value is -1.83. The molecule has 106 valence electrons. The third-order valence-corrected chi connectivity index (χ3v) is 3.53. The van der Waals surface area contributed by atoms with Crippen LogP contribution in [0.4, 0.5) is 0 Å². The molecule has 1 aliphatic rings. The highest BCUT2D eigenvalue weighted by Crippen LogP contribution is 2.16. The van der Waals surface area contributed by atoms with Gasteiger partial charge in [0.15, 0.2) is 0 Å². The van der Waals surface area contributed by atoms with Gasteiger partial charge in [-0.3, -0.25) is 4.79 Å². The van der Waals surface area contributed by atoms with Gasteiger partial charge in [-0.2, -0.15) is 0 Å². The summed E-state index contributed by atoms with van der Waals surface area (Å²) in [6, 6.07) is 5.40. The first kappa shape index (κ1) is 14.6. The van der Waals surface area contributed by atoms with Crippen molar-refractivity contribution < 1.29 is 15.0 Å². The van der Waals surface area contributed by atoms with E-state index in [4.69, 9.17) is 5.11 Å². The number of aryl methyl sites for hydroxylation is 1. The lowest BCUT2D eigenvalue weighted by atomic mass is 10.0. The van der Waals surface area contributed by atoms with Crippen LogP contribution < -0.4 is 0 Å². The van der Waals surface area contributed by atoms with Crippen molar-refractivity contribution in [1.29, 1.82) is 0 Å². The van der Waals surface area contributed by atoms with Gasteiger partial charge >= 0.3 is 0 Å². The summed E-state index contributed by atoms with van der Waals surface area (Å²) in [5, 5.41) is 18.2. The minimum atomic E-state index is -0.281. The molecule has 0 atom stereocenters. The van der Waals surface area contributed by atoms with Gasteiger partial charge in [0, 0.05) is 24.2 Å². The second kappa shape index (κ2) is 6.56. The molecule has 1 aromatic carbocycles. The van der Waals surface area contributed by atoms with E-state index in [2.05, 4.69) is 11.8 Å². The van der Waals surface area contributed by atoms with Crippen LogP contribution in [0.1, 0.15) is 34.3 Å². The third-order valence-electron chi connectivity index (χ3n) is 3.53. The number of carbonyl (C=O) groups excluding carboxylic acids is 1. The zero-order valence-electron chi connectivity index (χ0n) is 11.6. The van der Waals surface area contributed by atoms with Crippen molar-refractivity contribution in [2.75, 3.05) is 19.7 Å².